The molecule has 2 atom stereocenters. The second kappa shape index (κ2) is 6.64. The first-order valence-electron chi connectivity index (χ1n) is 7.19. The van der Waals surface area contributed by atoms with Crippen molar-refractivity contribution in [3.8, 4) is 0 Å². The van der Waals surface area contributed by atoms with E-state index in [9.17, 15) is 4.79 Å². The van der Waals surface area contributed by atoms with Gasteiger partial charge in [-0.3, -0.25) is 4.79 Å². The van der Waals surface area contributed by atoms with Gasteiger partial charge in [0.2, 0.25) is 0 Å². The van der Waals surface area contributed by atoms with Gasteiger partial charge in [0.15, 0.2) is 0 Å². The summed E-state index contributed by atoms with van der Waals surface area (Å²) in [5, 5.41) is 3.67. The maximum absolute atomic E-state index is 12.2. The van der Waals surface area contributed by atoms with Crippen LogP contribution in [-0.2, 0) is 9.53 Å². The standard InChI is InChI=1S/C16H23NO2S/c1-4-19-15(18)16(17-3)9-8-14(11-16)20-13-7-5-6-12(2)10-13/h5-7,10,14,17H,4,8-9,11H2,1-3H3. The monoisotopic (exact) mass is 293 g/mol. The van der Waals surface area contributed by atoms with Crippen LogP contribution in [0.2, 0.25) is 0 Å². The predicted molar refractivity (Wildman–Crippen MR) is 83.1 cm³/mol. The van der Waals surface area contributed by atoms with Crippen molar-refractivity contribution in [1.82, 2.24) is 5.32 Å². The van der Waals surface area contributed by atoms with Crippen molar-refractivity contribution < 1.29 is 9.53 Å². The molecule has 3 nitrogen and oxygen atoms in total. The zero-order valence-corrected chi connectivity index (χ0v) is 13.3. The number of hydrogen-bond donors (Lipinski definition) is 1. The number of likely N-dealkylation sites (N-methyl/N-ethyl adjacent to an activating group) is 1. The highest BCUT2D eigenvalue weighted by molar-refractivity contribution is 8.00. The van der Waals surface area contributed by atoms with Gasteiger partial charge in [0.05, 0.1) is 6.61 Å². The van der Waals surface area contributed by atoms with E-state index in [0.29, 0.717) is 11.9 Å². The number of carbonyl (C=O) groups excluding carboxylic acids is 1. The first-order valence-corrected chi connectivity index (χ1v) is 8.07. The fourth-order valence-corrected chi connectivity index (χ4v) is 4.17. The van der Waals surface area contributed by atoms with Crippen LogP contribution in [0.5, 0.6) is 0 Å². The number of aryl methyl sites for hydroxylation is 1. The Morgan fingerprint density at radius 1 is 1.55 bits per heavy atom. The lowest BCUT2D eigenvalue weighted by Crippen LogP contribution is -2.49. The molecule has 1 aliphatic carbocycles. The van der Waals surface area contributed by atoms with E-state index in [1.54, 1.807) is 0 Å². The van der Waals surface area contributed by atoms with Crippen LogP contribution in [0.4, 0.5) is 0 Å². The van der Waals surface area contributed by atoms with Gasteiger partial charge >= 0.3 is 5.97 Å². The molecule has 0 spiro atoms. The Hall–Kier alpha value is -1.00. The summed E-state index contributed by atoms with van der Waals surface area (Å²) in [4.78, 5) is 13.4. The lowest BCUT2D eigenvalue weighted by molar-refractivity contribution is -0.150. The molecule has 2 rings (SSSR count). The Bertz CT molecular complexity index is 477. The summed E-state index contributed by atoms with van der Waals surface area (Å²) in [6.07, 6.45) is 2.73. The van der Waals surface area contributed by atoms with E-state index in [-0.39, 0.29) is 5.97 Å². The van der Waals surface area contributed by atoms with Crippen molar-refractivity contribution in [2.24, 2.45) is 0 Å². The molecule has 0 radical (unpaired) electrons. The number of benzene rings is 1. The molecule has 1 N–H and O–H groups in total. The zero-order chi connectivity index (χ0) is 14.6. The number of ether oxygens (including phenoxy) is 1. The molecular weight excluding hydrogens is 270 g/mol. The third kappa shape index (κ3) is 3.36. The van der Waals surface area contributed by atoms with Gasteiger partial charge in [0.25, 0.3) is 0 Å². The van der Waals surface area contributed by atoms with E-state index in [1.165, 1.54) is 10.5 Å². The Morgan fingerprint density at radius 3 is 3.00 bits per heavy atom. The summed E-state index contributed by atoms with van der Waals surface area (Å²) in [7, 11) is 1.86. The van der Waals surface area contributed by atoms with Crippen LogP contribution >= 0.6 is 11.8 Å². The summed E-state index contributed by atoms with van der Waals surface area (Å²) >= 11 is 1.87. The summed E-state index contributed by atoms with van der Waals surface area (Å²) in [5.41, 5.74) is 0.788. The van der Waals surface area contributed by atoms with Gasteiger partial charge in [-0.05, 0) is 52.3 Å². The number of nitrogens with one attached hydrogen (secondary N) is 1. The second-order valence-corrected chi connectivity index (χ2v) is 6.73. The maximum atomic E-state index is 12.2. The number of hydrogen-bond acceptors (Lipinski definition) is 4. The predicted octanol–water partition coefficient (Wildman–Crippen LogP) is 3.16. The highest BCUT2D eigenvalue weighted by atomic mass is 32.2. The van der Waals surface area contributed by atoms with E-state index >= 15 is 0 Å². The highest BCUT2D eigenvalue weighted by Gasteiger charge is 2.45. The van der Waals surface area contributed by atoms with Gasteiger partial charge in [0.1, 0.15) is 5.54 Å². The van der Waals surface area contributed by atoms with Crippen molar-refractivity contribution in [3.63, 3.8) is 0 Å². The molecule has 1 aromatic rings. The van der Waals surface area contributed by atoms with E-state index < -0.39 is 5.54 Å². The van der Waals surface area contributed by atoms with E-state index in [0.717, 1.165) is 19.3 Å². The third-order valence-corrected chi connectivity index (χ3v) is 5.17. The fraction of sp³-hybridized carbons (Fsp3) is 0.562. The molecule has 0 heterocycles. The van der Waals surface area contributed by atoms with Gasteiger partial charge in [-0.2, -0.15) is 0 Å². The zero-order valence-electron chi connectivity index (χ0n) is 12.4. The molecule has 1 fully saturated rings. The third-order valence-electron chi connectivity index (χ3n) is 3.91. The molecular formula is C16H23NO2S. The lowest BCUT2D eigenvalue weighted by atomic mass is 9.98. The molecule has 0 saturated heterocycles. The summed E-state index contributed by atoms with van der Waals surface area (Å²) in [6.45, 7) is 4.41. The summed E-state index contributed by atoms with van der Waals surface area (Å²) in [5.74, 6) is -0.102. The van der Waals surface area contributed by atoms with E-state index in [4.69, 9.17) is 4.74 Å². The van der Waals surface area contributed by atoms with Gasteiger partial charge < -0.3 is 10.1 Å². The minimum Gasteiger partial charge on any atom is -0.465 e. The molecule has 1 aliphatic rings. The fourth-order valence-electron chi connectivity index (χ4n) is 2.77. The largest absolute Gasteiger partial charge is 0.465 e. The molecule has 110 valence electrons. The van der Waals surface area contributed by atoms with Crippen molar-refractivity contribution >= 4 is 17.7 Å². The second-order valence-electron chi connectivity index (χ2n) is 5.35. The van der Waals surface area contributed by atoms with Crippen molar-refractivity contribution in [1.29, 1.82) is 0 Å². The SMILES string of the molecule is CCOC(=O)C1(NC)CCC(Sc2cccc(C)c2)C1. The number of esters is 1. The van der Waals surface area contributed by atoms with Gasteiger partial charge in [0, 0.05) is 10.1 Å². The Balaban J connectivity index is 2.02. The topological polar surface area (TPSA) is 38.3 Å². The van der Waals surface area contributed by atoms with Crippen LogP contribution < -0.4 is 5.32 Å². The minimum atomic E-state index is -0.489. The normalized spacial score (nSPS) is 25.6. The summed E-state index contributed by atoms with van der Waals surface area (Å²) < 4.78 is 5.23. The molecule has 0 amide bonds. The van der Waals surface area contributed by atoms with Crippen LogP contribution in [-0.4, -0.2) is 30.4 Å². The lowest BCUT2D eigenvalue weighted by Gasteiger charge is -2.26. The van der Waals surface area contributed by atoms with Crippen LogP contribution in [0.25, 0.3) is 0 Å². The van der Waals surface area contributed by atoms with Crippen LogP contribution in [0.15, 0.2) is 29.2 Å². The molecule has 4 heteroatoms. The van der Waals surface area contributed by atoms with Crippen molar-refractivity contribution in [2.75, 3.05) is 13.7 Å². The van der Waals surface area contributed by atoms with Gasteiger partial charge in [-0.1, -0.05) is 17.7 Å². The van der Waals surface area contributed by atoms with Crippen LogP contribution in [0, 0.1) is 6.92 Å². The average molecular weight is 293 g/mol. The van der Waals surface area contributed by atoms with Gasteiger partial charge in [-0.25, -0.2) is 0 Å². The quantitative estimate of drug-likeness (QED) is 0.846. The van der Waals surface area contributed by atoms with Crippen molar-refractivity contribution in [2.45, 2.75) is 48.8 Å². The number of rotatable bonds is 5. The number of thioether (sulfide) groups is 1. The highest BCUT2D eigenvalue weighted by Crippen LogP contribution is 2.40. The molecule has 0 aliphatic heterocycles. The molecule has 20 heavy (non-hydrogen) atoms. The molecule has 2 unspecified atom stereocenters. The smallest absolute Gasteiger partial charge is 0.326 e. The van der Waals surface area contributed by atoms with E-state index in [2.05, 4.69) is 36.5 Å². The maximum Gasteiger partial charge on any atom is 0.326 e. The van der Waals surface area contributed by atoms with Gasteiger partial charge in [-0.15, -0.1) is 11.8 Å². The average Bonchev–Trinajstić information content (AvgIpc) is 2.84. The first kappa shape index (κ1) is 15.4. The Kier molecular flexibility index (Phi) is 5.11. The first-order chi connectivity index (χ1) is 9.59. The molecule has 1 saturated carbocycles. The minimum absolute atomic E-state index is 0.102. The Labute approximate surface area is 125 Å². The molecule has 0 bridgehead atoms. The van der Waals surface area contributed by atoms with Crippen LogP contribution in [0.3, 0.4) is 0 Å². The van der Waals surface area contributed by atoms with E-state index in [1.807, 2.05) is 25.7 Å². The molecule has 1 aromatic carbocycles. The van der Waals surface area contributed by atoms with Crippen LogP contribution in [0.1, 0.15) is 31.7 Å². The summed E-state index contributed by atoms with van der Waals surface area (Å²) in [6, 6.07) is 8.54. The Morgan fingerprint density at radius 2 is 2.35 bits per heavy atom. The number of carbonyl (C=O) groups is 1. The molecule has 0 aromatic heterocycles. The van der Waals surface area contributed by atoms with Crippen molar-refractivity contribution in [3.05, 3.63) is 29.8 Å².